The SMILES string of the molecule is C=C(C)COC(=O)CCCCCCCCCCCCCCCCC. The van der Waals surface area contributed by atoms with Crippen LogP contribution in [-0.2, 0) is 9.53 Å². The van der Waals surface area contributed by atoms with Gasteiger partial charge in [0, 0.05) is 6.42 Å². The van der Waals surface area contributed by atoms with Gasteiger partial charge in [0.1, 0.15) is 6.61 Å². The Hall–Kier alpha value is -0.790. The topological polar surface area (TPSA) is 26.3 Å². The third kappa shape index (κ3) is 19.3. The molecule has 0 bridgehead atoms. The van der Waals surface area contributed by atoms with Gasteiger partial charge in [-0.1, -0.05) is 103 Å². The molecule has 0 saturated heterocycles. The molecule has 0 aliphatic carbocycles. The monoisotopic (exact) mass is 338 g/mol. The van der Waals surface area contributed by atoms with Crippen molar-refractivity contribution in [1.29, 1.82) is 0 Å². The van der Waals surface area contributed by atoms with E-state index in [9.17, 15) is 4.79 Å². The summed E-state index contributed by atoms with van der Waals surface area (Å²) in [5.74, 6) is -0.0762. The molecule has 0 aliphatic rings. The van der Waals surface area contributed by atoms with E-state index < -0.39 is 0 Å². The number of carbonyl (C=O) groups is 1. The van der Waals surface area contributed by atoms with E-state index in [1.54, 1.807) is 0 Å². The number of hydrogen-bond donors (Lipinski definition) is 0. The van der Waals surface area contributed by atoms with Crippen molar-refractivity contribution in [3.8, 4) is 0 Å². The zero-order valence-corrected chi connectivity index (χ0v) is 16.5. The Kier molecular flexibility index (Phi) is 17.9. The van der Waals surface area contributed by atoms with Crippen LogP contribution in [0.3, 0.4) is 0 Å². The molecule has 0 atom stereocenters. The maximum absolute atomic E-state index is 11.4. The second-order valence-corrected chi connectivity index (χ2v) is 7.32. The van der Waals surface area contributed by atoms with E-state index in [0.717, 1.165) is 18.4 Å². The summed E-state index contributed by atoms with van der Waals surface area (Å²) in [6.07, 6.45) is 20.8. The molecule has 0 fully saturated rings. The van der Waals surface area contributed by atoms with Crippen molar-refractivity contribution in [3.05, 3.63) is 12.2 Å². The first-order valence-corrected chi connectivity index (χ1v) is 10.5. The summed E-state index contributed by atoms with van der Waals surface area (Å²) < 4.78 is 5.08. The third-order valence-electron chi connectivity index (χ3n) is 4.46. The number of esters is 1. The summed E-state index contributed by atoms with van der Waals surface area (Å²) in [7, 11) is 0. The molecule has 2 nitrogen and oxygen atoms in total. The van der Waals surface area contributed by atoms with Crippen molar-refractivity contribution in [3.63, 3.8) is 0 Å². The summed E-state index contributed by atoms with van der Waals surface area (Å²) in [5, 5.41) is 0. The van der Waals surface area contributed by atoms with Gasteiger partial charge in [0.15, 0.2) is 0 Å². The van der Waals surface area contributed by atoms with E-state index in [4.69, 9.17) is 4.74 Å². The highest BCUT2D eigenvalue weighted by Crippen LogP contribution is 2.13. The zero-order valence-electron chi connectivity index (χ0n) is 16.5. The molecule has 0 aromatic carbocycles. The average molecular weight is 339 g/mol. The Morgan fingerprint density at radius 3 is 1.46 bits per heavy atom. The smallest absolute Gasteiger partial charge is 0.306 e. The van der Waals surface area contributed by atoms with Gasteiger partial charge in [-0.3, -0.25) is 4.79 Å². The number of unbranched alkanes of at least 4 members (excludes halogenated alkanes) is 14. The molecule has 0 aromatic heterocycles. The molecule has 0 spiro atoms. The molecule has 2 heteroatoms. The van der Waals surface area contributed by atoms with Crippen molar-refractivity contribution in [2.45, 2.75) is 117 Å². The van der Waals surface area contributed by atoms with Gasteiger partial charge in [0.05, 0.1) is 0 Å². The Bertz CT molecular complexity index is 296. The minimum Gasteiger partial charge on any atom is -0.461 e. The number of ether oxygens (including phenoxy) is 1. The molecule has 142 valence electrons. The molecule has 0 unspecified atom stereocenters. The number of rotatable bonds is 18. The molecule has 0 aromatic rings. The maximum Gasteiger partial charge on any atom is 0.306 e. The standard InChI is InChI=1S/C22H42O2/c1-4-5-6-7-8-9-10-11-12-13-14-15-16-17-18-19-22(23)24-20-21(2)3/h2,4-20H2,1,3H3. The van der Waals surface area contributed by atoms with Crippen LogP contribution in [0.5, 0.6) is 0 Å². The van der Waals surface area contributed by atoms with E-state index >= 15 is 0 Å². The molecule has 0 saturated carbocycles. The zero-order chi connectivity index (χ0) is 17.9. The summed E-state index contributed by atoms with van der Waals surface area (Å²) in [5.41, 5.74) is 0.903. The summed E-state index contributed by atoms with van der Waals surface area (Å²) in [6.45, 7) is 8.25. The van der Waals surface area contributed by atoms with Crippen LogP contribution in [0.1, 0.15) is 117 Å². The summed E-state index contributed by atoms with van der Waals surface area (Å²) in [6, 6.07) is 0. The first-order chi connectivity index (χ1) is 11.7. The van der Waals surface area contributed by atoms with Crippen LogP contribution >= 0.6 is 0 Å². The highest BCUT2D eigenvalue weighted by atomic mass is 16.5. The van der Waals surface area contributed by atoms with Crippen LogP contribution in [0.2, 0.25) is 0 Å². The van der Waals surface area contributed by atoms with Crippen LogP contribution in [0.15, 0.2) is 12.2 Å². The first kappa shape index (κ1) is 23.2. The lowest BCUT2D eigenvalue weighted by molar-refractivity contribution is -0.142. The quantitative estimate of drug-likeness (QED) is 0.148. The lowest BCUT2D eigenvalue weighted by Gasteiger charge is -2.05. The van der Waals surface area contributed by atoms with E-state index in [2.05, 4.69) is 13.5 Å². The Balaban J connectivity index is 3.10. The lowest BCUT2D eigenvalue weighted by atomic mass is 10.0. The highest BCUT2D eigenvalue weighted by molar-refractivity contribution is 5.69. The van der Waals surface area contributed by atoms with E-state index in [1.165, 1.54) is 83.5 Å². The normalized spacial score (nSPS) is 10.8. The minimum absolute atomic E-state index is 0.0762. The van der Waals surface area contributed by atoms with Gasteiger partial charge in [-0.25, -0.2) is 0 Å². The fourth-order valence-corrected chi connectivity index (χ4v) is 2.92. The number of hydrogen-bond acceptors (Lipinski definition) is 2. The molecule has 0 heterocycles. The predicted octanol–water partition coefficient (Wildman–Crippen LogP) is 7.37. The highest BCUT2D eigenvalue weighted by Gasteiger charge is 2.02. The van der Waals surface area contributed by atoms with E-state index in [0.29, 0.717) is 13.0 Å². The van der Waals surface area contributed by atoms with Crippen molar-refractivity contribution in [1.82, 2.24) is 0 Å². The average Bonchev–Trinajstić information content (AvgIpc) is 2.56. The molecular formula is C22H42O2. The second kappa shape index (κ2) is 18.5. The molecule has 0 amide bonds. The molecule has 0 rings (SSSR count). The van der Waals surface area contributed by atoms with Crippen LogP contribution in [0, 0.1) is 0 Å². The largest absolute Gasteiger partial charge is 0.461 e. The number of carbonyl (C=O) groups excluding carboxylic acids is 1. The molecule has 24 heavy (non-hydrogen) atoms. The van der Waals surface area contributed by atoms with Gasteiger partial charge in [-0.2, -0.15) is 0 Å². The summed E-state index contributed by atoms with van der Waals surface area (Å²) >= 11 is 0. The fourth-order valence-electron chi connectivity index (χ4n) is 2.92. The van der Waals surface area contributed by atoms with Gasteiger partial charge in [0.25, 0.3) is 0 Å². The fraction of sp³-hybridized carbons (Fsp3) is 0.864. The van der Waals surface area contributed by atoms with Crippen LogP contribution in [-0.4, -0.2) is 12.6 Å². The second-order valence-electron chi connectivity index (χ2n) is 7.32. The minimum atomic E-state index is -0.0762. The van der Waals surface area contributed by atoms with Crippen molar-refractivity contribution in [2.75, 3.05) is 6.61 Å². The Labute approximate surface area is 151 Å². The molecular weight excluding hydrogens is 296 g/mol. The predicted molar refractivity (Wildman–Crippen MR) is 105 cm³/mol. The first-order valence-electron chi connectivity index (χ1n) is 10.5. The van der Waals surface area contributed by atoms with Gasteiger partial charge < -0.3 is 4.74 Å². The lowest BCUT2D eigenvalue weighted by Crippen LogP contribution is -2.05. The molecule has 0 N–H and O–H groups in total. The van der Waals surface area contributed by atoms with E-state index in [1.807, 2.05) is 6.92 Å². The van der Waals surface area contributed by atoms with Gasteiger partial charge in [0.2, 0.25) is 0 Å². The maximum atomic E-state index is 11.4. The van der Waals surface area contributed by atoms with Gasteiger partial charge >= 0.3 is 5.97 Å². The third-order valence-corrected chi connectivity index (χ3v) is 4.46. The summed E-state index contributed by atoms with van der Waals surface area (Å²) in [4.78, 5) is 11.4. The van der Waals surface area contributed by atoms with Gasteiger partial charge in [-0.05, 0) is 18.9 Å². The Morgan fingerprint density at radius 2 is 1.08 bits per heavy atom. The molecule has 0 radical (unpaired) electrons. The van der Waals surface area contributed by atoms with Crippen molar-refractivity contribution < 1.29 is 9.53 Å². The van der Waals surface area contributed by atoms with Crippen LogP contribution < -0.4 is 0 Å². The van der Waals surface area contributed by atoms with E-state index in [-0.39, 0.29) is 5.97 Å². The van der Waals surface area contributed by atoms with Crippen LogP contribution in [0.25, 0.3) is 0 Å². The van der Waals surface area contributed by atoms with Gasteiger partial charge in [-0.15, -0.1) is 0 Å². The van der Waals surface area contributed by atoms with Crippen molar-refractivity contribution in [2.24, 2.45) is 0 Å². The van der Waals surface area contributed by atoms with Crippen molar-refractivity contribution >= 4 is 5.97 Å². The van der Waals surface area contributed by atoms with Crippen LogP contribution in [0.4, 0.5) is 0 Å². The molecule has 0 aliphatic heterocycles. The Morgan fingerprint density at radius 1 is 0.708 bits per heavy atom.